The van der Waals surface area contributed by atoms with E-state index in [4.69, 9.17) is 4.74 Å². The Labute approximate surface area is 160 Å². The van der Waals surface area contributed by atoms with Crippen LogP contribution in [0.4, 0.5) is 0 Å². The minimum Gasteiger partial charge on any atom is -0.465 e. The van der Waals surface area contributed by atoms with Crippen molar-refractivity contribution in [3.63, 3.8) is 0 Å². The molecule has 1 aliphatic rings. The number of benzene rings is 2. The van der Waals surface area contributed by atoms with Crippen LogP contribution < -0.4 is 0 Å². The fourth-order valence-electron chi connectivity index (χ4n) is 2.95. The van der Waals surface area contributed by atoms with E-state index in [2.05, 4.69) is 15.9 Å². The van der Waals surface area contributed by atoms with Crippen LogP contribution in [0.5, 0.6) is 0 Å². The average molecular weight is 412 g/mol. The second-order valence-electron chi connectivity index (χ2n) is 5.94. The molecule has 0 N–H and O–H groups in total. The van der Waals surface area contributed by atoms with E-state index in [0.717, 1.165) is 15.6 Å². The largest absolute Gasteiger partial charge is 0.465 e. The van der Waals surface area contributed by atoms with Gasteiger partial charge in [0.15, 0.2) is 0 Å². The SMILES string of the molecule is COC(=O)C1=C(C)N(Cc2ccccc2)C(=O)C1=Cc1cccc(Br)c1. The number of amides is 1. The summed E-state index contributed by atoms with van der Waals surface area (Å²) in [6.45, 7) is 2.18. The first-order valence-corrected chi connectivity index (χ1v) is 8.93. The summed E-state index contributed by atoms with van der Waals surface area (Å²) in [5, 5.41) is 0. The second-order valence-corrected chi connectivity index (χ2v) is 6.86. The second kappa shape index (κ2) is 7.70. The molecule has 1 aliphatic heterocycles. The normalized spacial score (nSPS) is 15.7. The van der Waals surface area contributed by atoms with Crippen molar-refractivity contribution in [2.45, 2.75) is 13.5 Å². The number of ether oxygens (including phenoxy) is 1. The van der Waals surface area contributed by atoms with Gasteiger partial charge in [-0.05, 0) is 36.3 Å². The highest BCUT2D eigenvalue weighted by Crippen LogP contribution is 2.33. The van der Waals surface area contributed by atoms with Gasteiger partial charge in [0.1, 0.15) is 0 Å². The van der Waals surface area contributed by atoms with E-state index in [9.17, 15) is 9.59 Å². The number of esters is 1. The molecule has 4 nitrogen and oxygen atoms in total. The van der Waals surface area contributed by atoms with Crippen LogP contribution in [0.2, 0.25) is 0 Å². The molecule has 0 aromatic heterocycles. The van der Waals surface area contributed by atoms with E-state index in [1.807, 2.05) is 54.6 Å². The molecule has 0 saturated carbocycles. The zero-order valence-electron chi connectivity index (χ0n) is 14.5. The van der Waals surface area contributed by atoms with Gasteiger partial charge in [-0.15, -0.1) is 0 Å². The molecule has 2 aromatic carbocycles. The Morgan fingerprint density at radius 1 is 1.15 bits per heavy atom. The van der Waals surface area contributed by atoms with Crippen molar-refractivity contribution in [3.8, 4) is 0 Å². The van der Waals surface area contributed by atoms with Crippen LogP contribution in [-0.4, -0.2) is 23.9 Å². The molecule has 1 amide bonds. The summed E-state index contributed by atoms with van der Waals surface area (Å²) in [5.74, 6) is -0.709. The fourth-order valence-corrected chi connectivity index (χ4v) is 3.36. The van der Waals surface area contributed by atoms with Crippen molar-refractivity contribution in [2.75, 3.05) is 7.11 Å². The van der Waals surface area contributed by atoms with Crippen LogP contribution in [0.3, 0.4) is 0 Å². The van der Waals surface area contributed by atoms with Crippen LogP contribution >= 0.6 is 15.9 Å². The number of rotatable bonds is 4. The lowest BCUT2D eigenvalue weighted by atomic mass is 10.0. The van der Waals surface area contributed by atoms with Gasteiger partial charge in [0.25, 0.3) is 5.91 Å². The predicted octanol–water partition coefficient (Wildman–Crippen LogP) is 4.32. The number of hydrogen-bond donors (Lipinski definition) is 0. The quantitative estimate of drug-likeness (QED) is 0.555. The molecule has 0 saturated heterocycles. The molecule has 0 atom stereocenters. The molecule has 5 heteroatoms. The van der Waals surface area contributed by atoms with Crippen LogP contribution in [0.1, 0.15) is 18.1 Å². The molecule has 0 fully saturated rings. The van der Waals surface area contributed by atoms with Crippen LogP contribution in [-0.2, 0) is 20.9 Å². The summed E-state index contributed by atoms with van der Waals surface area (Å²) in [6.07, 6.45) is 1.73. The van der Waals surface area contributed by atoms with Gasteiger partial charge in [-0.1, -0.05) is 58.4 Å². The average Bonchev–Trinajstić information content (AvgIpc) is 2.86. The van der Waals surface area contributed by atoms with Crippen LogP contribution in [0, 0.1) is 0 Å². The van der Waals surface area contributed by atoms with Gasteiger partial charge < -0.3 is 9.64 Å². The number of hydrogen-bond acceptors (Lipinski definition) is 3. The summed E-state index contributed by atoms with van der Waals surface area (Å²) >= 11 is 3.42. The van der Waals surface area contributed by atoms with Gasteiger partial charge in [-0.25, -0.2) is 4.79 Å². The summed E-state index contributed by atoms with van der Waals surface area (Å²) < 4.78 is 5.82. The Hall–Kier alpha value is -2.66. The topological polar surface area (TPSA) is 46.6 Å². The number of allylic oxidation sites excluding steroid dienone is 1. The molecule has 132 valence electrons. The lowest BCUT2D eigenvalue weighted by molar-refractivity contribution is -0.136. The number of methoxy groups -OCH3 is 1. The smallest absolute Gasteiger partial charge is 0.340 e. The van der Waals surface area contributed by atoms with Crippen molar-refractivity contribution >= 4 is 33.9 Å². The molecule has 0 spiro atoms. The first-order valence-electron chi connectivity index (χ1n) is 8.14. The highest BCUT2D eigenvalue weighted by molar-refractivity contribution is 9.10. The standard InChI is InChI=1S/C21H18BrNO3/c1-14-19(21(25)26-2)18(12-16-9-6-10-17(22)11-16)20(24)23(14)13-15-7-4-3-5-8-15/h3-12H,13H2,1-2H3. The maximum atomic E-state index is 13.0. The fraction of sp³-hybridized carbons (Fsp3) is 0.143. The third-order valence-electron chi connectivity index (χ3n) is 4.24. The number of nitrogens with zero attached hydrogens (tertiary/aromatic N) is 1. The van der Waals surface area contributed by atoms with Crippen LogP contribution in [0.15, 0.2) is 75.9 Å². The molecular formula is C21H18BrNO3. The summed E-state index contributed by atoms with van der Waals surface area (Å²) in [4.78, 5) is 27.0. The van der Waals surface area contributed by atoms with E-state index < -0.39 is 5.97 Å². The third-order valence-corrected chi connectivity index (χ3v) is 4.74. The molecule has 0 aliphatic carbocycles. The summed E-state index contributed by atoms with van der Waals surface area (Å²) in [6, 6.07) is 17.2. The van der Waals surface area contributed by atoms with Crippen molar-refractivity contribution in [2.24, 2.45) is 0 Å². The molecule has 2 aromatic rings. The predicted molar refractivity (Wildman–Crippen MR) is 104 cm³/mol. The Balaban J connectivity index is 2.03. The first-order chi connectivity index (χ1) is 12.5. The molecule has 0 unspecified atom stereocenters. The lowest BCUT2D eigenvalue weighted by Crippen LogP contribution is -2.24. The van der Waals surface area contributed by atoms with Crippen molar-refractivity contribution in [3.05, 3.63) is 87.0 Å². The Kier molecular flexibility index (Phi) is 5.38. The maximum absolute atomic E-state index is 13.0. The van der Waals surface area contributed by atoms with E-state index in [1.54, 1.807) is 17.9 Å². The van der Waals surface area contributed by atoms with E-state index in [1.165, 1.54) is 7.11 Å². The molecule has 1 heterocycles. The van der Waals surface area contributed by atoms with Crippen molar-refractivity contribution < 1.29 is 14.3 Å². The van der Waals surface area contributed by atoms with Crippen molar-refractivity contribution in [1.29, 1.82) is 0 Å². The van der Waals surface area contributed by atoms with E-state index in [-0.39, 0.29) is 5.91 Å². The Bertz CT molecular complexity index is 916. The van der Waals surface area contributed by atoms with E-state index >= 15 is 0 Å². The Morgan fingerprint density at radius 3 is 2.54 bits per heavy atom. The molecular weight excluding hydrogens is 394 g/mol. The minimum atomic E-state index is -0.507. The molecule has 0 bridgehead atoms. The summed E-state index contributed by atoms with van der Waals surface area (Å²) in [5.41, 5.74) is 3.09. The van der Waals surface area contributed by atoms with Crippen LogP contribution in [0.25, 0.3) is 6.08 Å². The van der Waals surface area contributed by atoms with Gasteiger partial charge in [0, 0.05) is 10.2 Å². The number of carbonyl (C=O) groups is 2. The monoisotopic (exact) mass is 411 g/mol. The van der Waals surface area contributed by atoms with Gasteiger partial charge in [0.2, 0.25) is 0 Å². The van der Waals surface area contributed by atoms with Gasteiger partial charge in [-0.2, -0.15) is 0 Å². The Morgan fingerprint density at radius 2 is 1.88 bits per heavy atom. The minimum absolute atomic E-state index is 0.202. The number of halogens is 1. The highest BCUT2D eigenvalue weighted by atomic mass is 79.9. The lowest BCUT2D eigenvalue weighted by Gasteiger charge is -2.17. The highest BCUT2D eigenvalue weighted by Gasteiger charge is 2.36. The maximum Gasteiger partial charge on any atom is 0.340 e. The third kappa shape index (κ3) is 3.63. The number of carbonyl (C=O) groups excluding carboxylic acids is 2. The first kappa shape index (κ1) is 18.1. The van der Waals surface area contributed by atoms with Gasteiger partial charge in [-0.3, -0.25) is 4.79 Å². The zero-order valence-corrected chi connectivity index (χ0v) is 16.1. The summed E-state index contributed by atoms with van der Waals surface area (Å²) in [7, 11) is 1.32. The molecule has 3 rings (SSSR count). The van der Waals surface area contributed by atoms with E-state index in [0.29, 0.717) is 23.4 Å². The molecule has 26 heavy (non-hydrogen) atoms. The van der Waals surface area contributed by atoms with Gasteiger partial charge in [0.05, 0.1) is 24.8 Å². The zero-order chi connectivity index (χ0) is 18.7. The van der Waals surface area contributed by atoms with Gasteiger partial charge >= 0.3 is 5.97 Å². The molecule has 0 radical (unpaired) electrons. The van der Waals surface area contributed by atoms with Crippen molar-refractivity contribution in [1.82, 2.24) is 4.90 Å².